The SMILES string of the molecule is CN(C)C1CCN(c2ccc3c(c2)ncn3COCC[Si](C)(C)C)CC1. The maximum absolute atomic E-state index is 5.89. The molecule has 0 aliphatic carbocycles. The van der Waals surface area contributed by atoms with Crippen molar-refractivity contribution >= 4 is 24.8 Å². The van der Waals surface area contributed by atoms with Gasteiger partial charge in [0, 0.05) is 39.5 Å². The molecule has 6 heteroatoms. The number of ether oxygens (including phenoxy) is 1. The number of imidazole rings is 1. The molecule has 26 heavy (non-hydrogen) atoms. The number of rotatable bonds is 7. The van der Waals surface area contributed by atoms with Gasteiger partial charge in [0.15, 0.2) is 0 Å². The summed E-state index contributed by atoms with van der Waals surface area (Å²) >= 11 is 0. The van der Waals surface area contributed by atoms with E-state index in [1.807, 2.05) is 6.33 Å². The molecule has 1 fully saturated rings. The maximum atomic E-state index is 5.89. The van der Waals surface area contributed by atoms with E-state index in [1.54, 1.807) is 0 Å². The van der Waals surface area contributed by atoms with Crippen LogP contribution in [-0.4, -0.2) is 62.4 Å². The number of piperidine rings is 1. The second-order valence-corrected chi connectivity index (χ2v) is 14.5. The molecule has 3 rings (SSSR count). The van der Waals surface area contributed by atoms with E-state index in [-0.39, 0.29) is 0 Å². The highest BCUT2D eigenvalue weighted by molar-refractivity contribution is 6.76. The van der Waals surface area contributed by atoms with E-state index in [2.05, 4.69) is 71.3 Å². The second-order valence-electron chi connectivity index (χ2n) is 8.92. The summed E-state index contributed by atoms with van der Waals surface area (Å²) in [6, 6.07) is 8.56. The van der Waals surface area contributed by atoms with Gasteiger partial charge in [-0.1, -0.05) is 19.6 Å². The lowest BCUT2D eigenvalue weighted by molar-refractivity contribution is 0.0898. The minimum atomic E-state index is -1.03. The number of hydrogen-bond acceptors (Lipinski definition) is 4. The van der Waals surface area contributed by atoms with Crippen molar-refractivity contribution in [3.63, 3.8) is 0 Å². The fraction of sp³-hybridized carbons (Fsp3) is 0.650. The molecule has 2 heterocycles. The van der Waals surface area contributed by atoms with Crippen LogP contribution >= 0.6 is 0 Å². The lowest BCUT2D eigenvalue weighted by Gasteiger charge is -2.36. The topological polar surface area (TPSA) is 33.5 Å². The molecule has 1 aliphatic rings. The van der Waals surface area contributed by atoms with Crippen LogP contribution in [0.2, 0.25) is 25.7 Å². The van der Waals surface area contributed by atoms with Crippen molar-refractivity contribution in [3.8, 4) is 0 Å². The Kier molecular flexibility index (Phi) is 6.05. The van der Waals surface area contributed by atoms with E-state index < -0.39 is 8.07 Å². The van der Waals surface area contributed by atoms with E-state index >= 15 is 0 Å². The van der Waals surface area contributed by atoms with Crippen molar-refractivity contribution in [2.45, 2.75) is 51.3 Å². The standard InChI is InChI=1S/C20H34N4OSi/c1-22(2)17-8-10-23(11-9-17)18-6-7-20-19(14-18)21-15-24(20)16-25-12-13-26(3,4)5/h6-7,14-15,17H,8-13,16H2,1-5H3. The summed E-state index contributed by atoms with van der Waals surface area (Å²) in [4.78, 5) is 9.44. The Labute approximate surface area is 159 Å². The zero-order chi connectivity index (χ0) is 18.7. The van der Waals surface area contributed by atoms with Crippen LogP contribution in [0, 0.1) is 0 Å². The Morgan fingerprint density at radius 3 is 2.58 bits per heavy atom. The van der Waals surface area contributed by atoms with E-state index in [1.165, 1.54) is 24.6 Å². The van der Waals surface area contributed by atoms with Gasteiger partial charge in [0.1, 0.15) is 6.73 Å². The first-order valence-electron chi connectivity index (χ1n) is 9.77. The van der Waals surface area contributed by atoms with Crippen LogP contribution in [0.4, 0.5) is 5.69 Å². The van der Waals surface area contributed by atoms with E-state index in [4.69, 9.17) is 4.74 Å². The summed E-state index contributed by atoms with van der Waals surface area (Å²) < 4.78 is 8.00. The summed E-state index contributed by atoms with van der Waals surface area (Å²) in [5.74, 6) is 0. The van der Waals surface area contributed by atoms with Crippen LogP contribution in [0.5, 0.6) is 0 Å². The summed E-state index contributed by atoms with van der Waals surface area (Å²) in [6.45, 7) is 10.8. The third-order valence-corrected chi connectivity index (χ3v) is 7.10. The van der Waals surface area contributed by atoms with Gasteiger partial charge < -0.3 is 19.1 Å². The fourth-order valence-corrected chi connectivity index (χ4v) is 4.29. The molecule has 0 bridgehead atoms. The summed E-state index contributed by atoms with van der Waals surface area (Å²) in [7, 11) is 3.34. The van der Waals surface area contributed by atoms with Crippen LogP contribution in [0.1, 0.15) is 12.8 Å². The number of hydrogen-bond donors (Lipinski definition) is 0. The molecule has 0 amide bonds. The van der Waals surface area contributed by atoms with Crippen molar-refractivity contribution in [2.75, 3.05) is 38.7 Å². The maximum Gasteiger partial charge on any atom is 0.124 e. The zero-order valence-corrected chi connectivity index (χ0v) is 18.0. The number of anilines is 1. The molecule has 2 aromatic rings. The molecule has 1 saturated heterocycles. The number of benzene rings is 1. The Morgan fingerprint density at radius 2 is 1.92 bits per heavy atom. The predicted molar refractivity (Wildman–Crippen MR) is 113 cm³/mol. The monoisotopic (exact) mass is 374 g/mol. The summed E-state index contributed by atoms with van der Waals surface area (Å²) in [6.07, 6.45) is 4.36. The highest BCUT2D eigenvalue weighted by atomic mass is 28.3. The normalized spacial score (nSPS) is 16.8. The quantitative estimate of drug-likeness (QED) is 0.544. The molecule has 0 spiro atoms. The number of fused-ring (bicyclic) bond motifs is 1. The Balaban J connectivity index is 1.60. The third kappa shape index (κ3) is 4.87. The van der Waals surface area contributed by atoms with Gasteiger partial charge in [0.25, 0.3) is 0 Å². The molecular weight excluding hydrogens is 340 g/mol. The predicted octanol–water partition coefficient (Wildman–Crippen LogP) is 3.88. The lowest BCUT2D eigenvalue weighted by atomic mass is 10.0. The molecular formula is C20H34N4OSi. The molecule has 0 atom stereocenters. The van der Waals surface area contributed by atoms with Crippen LogP contribution in [-0.2, 0) is 11.5 Å². The Bertz CT molecular complexity index is 714. The van der Waals surface area contributed by atoms with Crippen molar-refractivity contribution in [1.82, 2.24) is 14.5 Å². The van der Waals surface area contributed by atoms with E-state index in [0.29, 0.717) is 12.8 Å². The molecule has 1 aliphatic heterocycles. The summed E-state index contributed by atoms with van der Waals surface area (Å²) in [5.41, 5.74) is 3.51. The average Bonchev–Trinajstić information content (AvgIpc) is 3.00. The van der Waals surface area contributed by atoms with Crippen LogP contribution in [0.25, 0.3) is 11.0 Å². The smallest absolute Gasteiger partial charge is 0.124 e. The van der Waals surface area contributed by atoms with E-state index in [0.717, 1.165) is 30.7 Å². The first-order valence-corrected chi connectivity index (χ1v) is 13.5. The van der Waals surface area contributed by atoms with Gasteiger partial charge in [0.2, 0.25) is 0 Å². The minimum Gasteiger partial charge on any atom is -0.371 e. The third-order valence-electron chi connectivity index (χ3n) is 5.39. The van der Waals surface area contributed by atoms with E-state index in [9.17, 15) is 0 Å². The van der Waals surface area contributed by atoms with Gasteiger partial charge in [-0.25, -0.2) is 4.98 Å². The van der Waals surface area contributed by atoms with Gasteiger partial charge in [-0.2, -0.15) is 0 Å². The van der Waals surface area contributed by atoms with Crippen LogP contribution < -0.4 is 4.90 Å². The molecule has 5 nitrogen and oxygen atoms in total. The van der Waals surface area contributed by atoms with Crippen molar-refractivity contribution in [3.05, 3.63) is 24.5 Å². The first kappa shape index (κ1) is 19.4. The van der Waals surface area contributed by atoms with Gasteiger partial charge in [-0.15, -0.1) is 0 Å². The van der Waals surface area contributed by atoms with Crippen molar-refractivity contribution in [2.24, 2.45) is 0 Å². The molecule has 0 unspecified atom stereocenters. The first-order chi connectivity index (χ1) is 12.3. The second kappa shape index (κ2) is 8.11. The highest BCUT2D eigenvalue weighted by Gasteiger charge is 2.21. The molecule has 0 radical (unpaired) electrons. The Morgan fingerprint density at radius 1 is 1.19 bits per heavy atom. The van der Waals surface area contributed by atoms with Crippen molar-refractivity contribution in [1.29, 1.82) is 0 Å². The lowest BCUT2D eigenvalue weighted by Crippen LogP contribution is -2.41. The minimum absolute atomic E-state index is 0.592. The van der Waals surface area contributed by atoms with Crippen molar-refractivity contribution < 1.29 is 4.74 Å². The largest absolute Gasteiger partial charge is 0.371 e. The zero-order valence-electron chi connectivity index (χ0n) is 17.0. The van der Waals surface area contributed by atoms with Gasteiger partial charge in [-0.05, 0) is 51.2 Å². The number of nitrogens with zero attached hydrogens (tertiary/aromatic N) is 4. The molecule has 1 aromatic heterocycles. The van der Waals surface area contributed by atoms with Gasteiger partial charge in [-0.3, -0.25) is 0 Å². The fourth-order valence-electron chi connectivity index (χ4n) is 3.53. The Hall–Kier alpha value is -1.37. The average molecular weight is 375 g/mol. The van der Waals surface area contributed by atoms with Crippen LogP contribution in [0.3, 0.4) is 0 Å². The molecule has 0 saturated carbocycles. The van der Waals surface area contributed by atoms with Crippen LogP contribution in [0.15, 0.2) is 24.5 Å². The molecule has 1 aromatic carbocycles. The number of aromatic nitrogens is 2. The summed E-state index contributed by atoms with van der Waals surface area (Å²) in [5, 5.41) is 0. The molecule has 144 valence electrons. The highest BCUT2D eigenvalue weighted by Crippen LogP contribution is 2.25. The molecule has 0 N–H and O–H groups in total. The van der Waals surface area contributed by atoms with Gasteiger partial charge >= 0.3 is 0 Å². The van der Waals surface area contributed by atoms with Gasteiger partial charge in [0.05, 0.1) is 17.4 Å².